The molecule has 166 valence electrons. The number of carbonyl (C=O) groups is 2. The van der Waals surface area contributed by atoms with Crippen LogP contribution in [0.3, 0.4) is 0 Å². The van der Waals surface area contributed by atoms with E-state index >= 15 is 0 Å². The van der Waals surface area contributed by atoms with Gasteiger partial charge in [0.2, 0.25) is 5.91 Å². The number of thioether (sulfide) groups is 1. The first kappa shape index (κ1) is 23.4. The molecule has 1 aliphatic heterocycles. The van der Waals surface area contributed by atoms with Gasteiger partial charge < -0.3 is 14.7 Å². The second-order valence-corrected chi connectivity index (χ2v) is 9.89. The molecule has 1 aliphatic carbocycles. The van der Waals surface area contributed by atoms with Gasteiger partial charge in [-0.1, -0.05) is 36.9 Å². The van der Waals surface area contributed by atoms with Gasteiger partial charge in [-0.3, -0.25) is 4.79 Å². The van der Waals surface area contributed by atoms with Gasteiger partial charge in [0.05, 0.1) is 33.9 Å². The third kappa shape index (κ3) is 6.14. The van der Waals surface area contributed by atoms with Crippen molar-refractivity contribution in [3.8, 4) is 0 Å². The fourth-order valence-corrected chi connectivity index (χ4v) is 5.88. The summed E-state index contributed by atoms with van der Waals surface area (Å²) >= 11 is 7.96. The summed E-state index contributed by atoms with van der Waals surface area (Å²) in [5.74, 6) is 0.319. The molecule has 1 aromatic carbocycles. The van der Waals surface area contributed by atoms with E-state index in [0.29, 0.717) is 35.9 Å². The highest BCUT2D eigenvalue weighted by Gasteiger charge is 2.35. The lowest BCUT2D eigenvalue weighted by Crippen LogP contribution is -2.40. The number of carbonyl (C=O) groups excluding carboxylic acids is 2. The summed E-state index contributed by atoms with van der Waals surface area (Å²) in [4.78, 5) is 26.2. The smallest absolute Gasteiger partial charge is 0.339 e. The second-order valence-electron chi connectivity index (χ2n) is 8.31. The van der Waals surface area contributed by atoms with Gasteiger partial charge in [-0.25, -0.2) is 4.79 Å². The van der Waals surface area contributed by atoms with Gasteiger partial charge in [0.1, 0.15) is 0 Å². The molecule has 7 heteroatoms. The van der Waals surface area contributed by atoms with Gasteiger partial charge in [0.25, 0.3) is 0 Å². The third-order valence-electron chi connectivity index (χ3n) is 6.11. The first-order valence-electron chi connectivity index (χ1n) is 11.0. The average Bonchev–Trinajstić information content (AvgIpc) is 3.07. The van der Waals surface area contributed by atoms with Crippen molar-refractivity contribution in [3.05, 3.63) is 34.3 Å². The quantitative estimate of drug-likeness (QED) is 0.542. The highest BCUT2D eigenvalue weighted by atomic mass is 35.5. The van der Waals surface area contributed by atoms with Crippen LogP contribution in [0.1, 0.15) is 74.2 Å². The van der Waals surface area contributed by atoms with Crippen molar-refractivity contribution in [2.75, 3.05) is 18.9 Å². The average molecular weight is 454 g/mol. The van der Waals surface area contributed by atoms with E-state index in [1.54, 1.807) is 24.8 Å². The Labute approximate surface area is 188 Å². The molecule has 0 aromatic heterocycles. The molecule has 1 heterocycles. The van der Waals surface area contributed by atoms with Gasteiger partial charge in [-0.15, -0.1) is 11.8 Å². The third-order valence-corrected chi connectivity index (χ3v) is 7.72. The van der Waals surface area contributed by atoms with Crippen LogP contribution in [0.25, 0.3) is 0 Å². The van der Waals surface area contributed by atoms with E-state index in [1.165, 1.54) is 6.42 Å². The van der Waals surface area contributed by atoms with Gasteiger partial charge in [0, 0.05) is 6.54 Å². The normalized spacial score (nSPS) is 21.1. The molecule has 1 N–H and O–H groups in total. The molecule has 1 saturated carbocycles. The van der Waals surface area contributed by atoms with Crippen LogP contribution in [0.2, 0.25) is 5.02 Å². The summed E-state index contributed by atoms with van der Waals surface area (Å²) in [5.41, 5.74) is 0.879. The molecule has 3 rings (SSSR count). The minimum Gasteiger partial charge on any atom is -0.462 e. The summed E-state index contributed by atoms with van der Waals surface area (Å²) < 4.78 is 5.01. The topological polar surface area (TPSA) is 66.8 Å². The maximum atomic E-state index is 12.4. The predicted molar refractivity (Wildman–Crippen MR) is 121 cm³/mol. The Morgan fingerprint density at radius 2 is 2.10 bits per heavy atom. The van der Waals surface area contributed by atoms with Crippen LogP contribution >= 0.6 is 23.4 Å². The van der Waals surface area contributed by atoms with Crippen molar-refractivity contribution in [2.45, 2.75) is 75.7 Å². The highest BCUT2D eigenvalue weighted by molar-refractivity contribution is 8.00. The van der Waals surface area contributed by atoms with Crippen LogP contribution in [-0.4, -0.2) is 51.8 Å². The number of hydrogen-bond donors (Lipinski definition) is 1. The van der Waals surface area contributed by atoms with Crippen LogP contribution in [0.15, 0.2) is 18.2 Å². The molecular formula is C23H32ClNO4S. The number of hydrogen-bond acceptors (Lipinski definition) is 5. The zero-order chi connectivity index (χ0) is 21.6. The molecule has 0 bridgehead atoms. The van der Waals surface area contributed by atoms with Crippen LogP contribution in [-0.2, 0) is 16.0 Å². The zero-order valence-corrected chi connectivity index (χ0v) is 19.3. The number of rotatable bonds is 9. The maximum absolute atomic E-state index is 12.4. The van der Waals surface area contributed by atoms with Crippen molar-refractivity contribution in [3.63, 3.8) is 0 Å². The summed E-state index contributed by atoms with van der Waals surface area (Å²) in [6.45, 7) is 2.74. The maximum Gasteiger partial charge on any atom is 0.339 e. The number of amides is 1. The van der Waals surface area contributed by atoms with Gasteiger partial charge >= 0.3 is 5.97 Å². The molecule has 2 aliphatic rings. The Morgan fingerprint density at radius 3 is 2.80 bits per heavy atom. The van der Waals surface area contributed by atoms with E-state index in [9.17, 15) is 14.7 Å². The van der Waals surface area contributed by atoms with Crippen LogP contribution < -0.4 is 0 Å². The minimum absolute atomic E-state index is 0.180. The summed E-state index contributed by atoms with van der Waals surface area (Å²) in [6.07, 6.45) is 8.44. The lowest BCUT2D eigenvalue weighted by Gasteiger charge is -2.34. The van der Waals surface area contributed by atoms with E-state index in [2.05, 4.69) is 0 Å². The lowest BCUT2D eigenvalue weighted by molar-refractivity contribution is -0.129. The molecular weight excluding hydrogens is 422 g/mol. The van der Waals surface area contributed by atoms with E-state index < -0.39 is 11.6 Å². The van der Waals surface area contributed by atoms with Crippen molar-refractivity contribution in [2.24, 2.45) is 0 Å². The number of benzene rings is 1. The number of halogens is 1. The number of aliphatic hydroxyl groups is 1. The second kappa shape index (κ2) is 10.9. The number of ether oxygens (including phenoxy) is 1. The Kier molecular flexibility index (Phi) is 8.49. The molecule has 5 nitrogen and oxygen atoms in total. The van der Waals surface area contributed by atoms with Gasteiger partial charge in [-0.2, -0.15) is 0 Å². The van der Waals surface area contributed by atoms with E-state index in [4.69, 9.17) is 16.3 Å². The largest absolute Gasteiger partial charge is 0.462 e. The van der Waals surface area contributed by atoms with E-state index in [1.807, 2.05) is 17.0 Å². The highest BCUT2D eigenvalue weighted by Crippen LogP contribution is 2.34. The molecule has 1 atom stereocenters. The first-order chi connectivity index (χ1) is 14.4. The number of aryl methyl sites for hydroxylation is 1. The Balaban J connectivity index is 1.49. The predicted octanol–water partition coefficient (Wildman–Crippen LogP) is 4.83. The molecule has 0 spiro atoms. The molecule has 1 saturated heterocycles. The first-order valence-corrected chi connectivity index (χ1v) is 12.4. The van der Waals surface area contributed by atoms with Crippen molar-refractivity contribution in [1.29, 1.82) is 0 Å². The number of esters is 1. The Bertz CT molecular complexity index is 751. The fraction of sp³-hybridized carbons (Fsp3) is 0.652. The van der Waals surface area contributed by atoms with E-state index in [-0.39, 0.29) is 11.3 Å². The van der Waals surface area contributed by atoms with Crippen LogP contribution in [0.5, 0.6) is 0 Å². The summed E-state index contributed by atoms with van der Waals surface area (Å²) in [7, 11) is 0. The number of nitrogens with zero attached hydrogens (tertiary/aromatic N) is 1. The minimum atomic E-state index is -0.590. The summed E-state index contributed by atoms with van der Waals surface area (Å²) in [5, 5.41) is 11.4. The molecule has 30 heavy (non-hydrogen) atoms. The van der Waals surface area contributed by atoms with Crippen molar-refractivity contribution >= 4 is 35.2 Å². The zero-order valence-electron chi connectivity index (χ0n) is 17.7. The Hall–Kier alpha value is -1.24. The molecule has 0 radical (unpaired) electrons. The van der Waals surface area contributed by atoms with Crippen molar-refractivity contribution in [1.82, 2.24) is 4.90 Å². The monoisotopic (exact) mass is 453 g/mol. The van der Waals surface area contributed by atoms with E-state index in [0.717, 1.165) is 50.5 Å². The van der Waals surface area contributed by atoms with Crippen LogP contribution in [0, 0.1) is 0 Å². The Morgan fingerprint density at radius 1 is 1.33 bits per heavy atom. The molecule has 1 unspecified atom stereocenters. The van der Waals surface area contributed by atoms with Gasteiger partial charge in [0.15, 0.2) is 0 Å². The molecule has 1 amide bonds. The molecule has 1 aromatic rings. The fourth-order valence-electron chi connectivity index (χ4n) is 4.37. The summed E-state index contributed by atoms with van der Waals surface area (Å²) in [6, 6.07) is 5.47. The lowest BCUT2D eigenvalue weighted by atomic mass is 9.82. The molecule has 2 fully saturated rings. The van der Waals surface area contributed by atoms with Gasteiger partial charge in [-0.05, 0) is 63.1 Å². The standard InChI is InChI=1S/C23H32ClNO4S/c1-2-29-22(27)18-10-9-17(15-19(18)24)7-6-8-21-25(20(26)16-30-21)14-13-23(28)11-4-3-5-12-23/h9-10,15,21,28H,2-8,11-14,16H2,1H3. The van der Waals surface area contributed by atoms with Crippen LogP contribution in [0.4, 0.5) is 0 Å². The van der Waals surface area contributed by atoms with Crippen molar-refractivity contribution < 1.29 is 19.4 Å². The SMILES string of the molecule is CCOC(=O)c1ccc(CCCC2SCC(=O)N2CCC2(O)CCCCC2)cc1Cl.